The molecule has 0 bridgehead atoms. The van der Waals surface area contributed by atoms with Gasteiger partial charge in [-0.2, -0.15) is 0 Å². The zero-order valence-corrected chi connectivity index (χ0v) is 5.55. The number of hydrogen-bond acceptors (Lipinski definition) is 6. The fraction of sp³-hybridized carbons (Fsp3) is 0.500. The van der Waals surface area contributed by atoms with E-state index in [9.17, 15) is 9.13 Å². The molecule has 0 atom stereocenters. The highest BCUT2D eigenvalue weighted by Gasteiger charge is 2.13. The van der Waals surface area contributed by atoms with E-state index in [4.69, 9.17) is 0 Å². The van der Waals surface area contributed by atoms with Crippen molar-refractivity contribution in [3.05, 3.63) is 0 Å². The summed E-state index contributed by atoms with van der Waals surface area (Å²) in [7, 11) is -0.987. The number of nitrogens with one attached hydrogen (secondary N) is 2. The Balaban J connectivity index is 2.66. The highest BCUT2D eigenvalue weighted by atomic mass is 31.1. The summed E-state index contributed by atoms with van der Waals surface area (Å²) in [5.74, 6) is 0. The molecule has 0 aromatic rings. The third-order valence-electron chi connectivity index (χ3n) is 0.747. The Kier molecular flexibility index (Phi) is 1.50. The predicted octanol–water partition coefficient (Wildman–Crippen LogP) is -0.615. The minimum absolute atomic E-state index is 0.0625. The van der Waals surface area contributed by atoms with Crippen LogP contribution >= 0.6 is 7.68 Å². The fourth-order valence-corrected chi connectivity index (χ4v) is 0.762. The molecule has 7 heteroatoms. The maximum Gasteiger partial charge on any atom is 0.388 e. The van der Waals surface area contributed by atoms with E-state index in [0.29, 0.717) is 0 Å². The van der Waals surface area contributed by atoms with Crippen molar-refractivity contribution >= 4 is 13.3 Å². The third-order valence-corrected chi connectivity index (χ3v) is 1.29. The maximum atomic E-state index is 10.1. The lowest BCUT2D eigenvalue weighted by Crippen LogP contribution is -2.36. The molecule has 1 aliphatic heterocycles. The quantitative estimate of drug-likeness (QED) is 0.485. The molecule has 0 fully saturated rings. The Labute approximate surface area is 51.7 Å². The van der Waals surface area contributed by atoms with Gasteiger partial charge in [-0.3, -0.25) is 5.43 Å². The minimum Gasteiger partial charge on any atom is -0.274 e. The molecule has 0 aromatic heterocycles. The molecule has 50 valence electrons. The van der Waals surface area contributed by atoms with Crippen LogP contribution < -0.4 is 11.0 Å². The lowest BCUT2D eigenvalue weighted by Gasteiger charge is -2.04. The van der Waals surface area contributed by atoms with Crippen LogP contribution in [0.5, 0.6) is 0 Å². The summed E-state index contributed by atoms with van der Waals surface area (Å²) in [6.45, 7) is 0. The van der Waals surface area contributed by atoms with Gasteiger partial charge in [0.2, 0.25) is 0 Å². The van der Waals surface area contributed by atoms with Crippen molar-refractivity contribution in [2.45, 2.75) is 0 Å². The SMILES string of the molecule is CN1NN=C(P(=O)=O)N1. The van der Waals surface area contributed by atoms with E-state index in [2.05, 4.69) is 16.1 Å². The number of hydrazine groups is 2. The lowest BCUT2D eigenvalue weighted by molar-refractivity contribution is 0.232. The van der Waals surface area contributed by atoms with Crippen LogP contribution in [0.2, 0.25) is 0 Å². The summed E-state index contributed by atoms with van der Waals surface area (Å²) in [6, 6.07) is 0. The molecule has 0 amide bonds. The van der Waals surface area contributed by atoms with Crippen molar-refractivity contribution in [2.75, 3.05) is 7.05 Å². The van der Waals surface area contributed by atoms with Crippen molar-refractivity contribution < 1.29 is 9.13 Å². The number of hydrogen-bond donors (Lipinski definition) is 2. The Hall–Kier alpha value is -0.870. The van der Waals surface area contributed by atoms with Gasteiger partial charge >= 0.3 is 7.68 Å². The molecule has 0 aromatic carbocycles. The largest absolute Gasteiger partial charge is 0.388 e. The van der Waals surface area contributed by atoms with Gasteiger partial charge in [0, 0.05) is 7.05 Å². The van der Waals surface area contributed by atoms with E-state index in [1.807, 2.05) is 0 Å². The van der Waals surface area contributed by atoms with Gasteiger partial charge in [-0.1, -0.05) is 0 Å². The molecule has 0 saturated heterocycles. The first kappa shape index (κ1) is 6.25. The first-order chi connectivity index (χ1) is 4.20. The highest BCUT2D eigenvalue weighted by molar-refractivity contribution is 7.52. The van der Waals surface area contributed by atoms with Gasteiger partial charge in [0.25, 0.3) is 5.58 Å². The summed E-state index contributed by atoms with van der Waals surface area (Å²) >= 11 is 0. The first-order valence-electron chi connectivity index (χ1n) is 2.18. The van der Waals surface area contributed by atoms with Crippen LogP contribution in [0.3, 0.4) is 0 Å². The van der Waals surface area contributed by atoms with E-state index in [1.54, 1.807) is 7.05 Å². The Morgan fingerprint density at radius 1 is 1.67 bits per heavy atom. The van der Waals surface area contributed by atoms with Crippen LogP contribution in [-0.2, 0) is 9.13 Å². The van der Waals surface area contributed by atoms with Crippen molar-refractivity contribution in [3.8, 4) is 0 Å². The minimum atomic E-state index is -2.59. The van der Waals surface area contributed by atoms with E-state index in [0.717, 1.165) is 0 Å². The second kappa shape index (κ2) is 2.16. The molecular weight excluding hydrogens is 143 g/mol. The molecule has 0 aliphatic carbocycles. The van der Waals surface area contributed by atoms with Gasteiger partial charge in [0.05, 0.1) is 0 Å². The molecule has 2 N–H and O–H groups in total. The van der Waals surface area contributed by atoms with Gasteiger partial charge in [-0.05, 0) is 0 Å². The average molecular weight is 148 g/mol. The van der Waals surface area contributed by atoms with Crippen molar-refractivity contribution in [2.24, 2.45) is 5.10 Å². The van der Waals surface area contributed by atoms with E-state index >= 15 is 0 Å². The second-order valence-corrected chi connectivity index (χ2v) is 2.40. The zero-order chi connectivity index (χ0) is 6.85. The summed E-state index contributed by atoms with van der Waals surface area (Å²) in [6.07, 6.45) is 0. The maximum absolute atomic E-state index is 10.1. The molecule has 6 nitrogen and oxygen atoms in total. The Morgan fingerprint density at radius 2 is 2.33 bits per heavy atom. The van der Waals surface area contributed by atoms with E-state index < -0.39 is 7.68 Å². The highest BCUT2D eigenvalue weighted by Crippen LogP contribution is 2.05. The topological polar surface area (TPSA) is 73.8 Å². The van der Waals surface area contributed by atoms with Crippen molar-refractivity contribution in [1.82, 2.24) is 16.1 Å². The van der Waals surface area contributed by atoms with Gasteiger partial charge in [-0.25, -0.2) is 14.7 Å². The molecule has 1 aliphatic rings. The van der Waals surface area contributed by atoms with E-state index in [1.165, 1.54) is 5.12 Å². The molecule has 0 spiro atoms. The molecule has 1 heterocycles. The third kappa shape index (κ3) is 1.28. The van der Waals surface area contributed by atoms with Crippen LogP contribution in [0, 0.1) is 0 Å². The molecular formula is C2H5N4O2P. The van der Waals surface area contributed by atoms with Crippen molar-refractivity contribution in [3.63, 3.8) is 0 Å². The van der Waals surface area contributed by atoms with Gasteiger partial charge < -0.3 is 0 Å². The van der Waals surface area contributed by atoms with Crippen LogP contribution in [0.1, 0.15) is 0 Å². The first-order valence-corrected chi connectivity index (χ1v) is 3.36. The van der Waals surface area contributed by atoms with Crippen molar-refractivity contribution in [1.29, 1.82) is 0 Å². The summed E-state index contributed by atoms with van der Waals surface area (Å²) in [4.78, 5) is 0. The second-order valence-electron chi connectivity index (χ2n) is 1.46. The standard InChI is InChI=1S/C2H5N4O2P/c1-6-4-2(3-5-6)9(7)8/h5H,1H3,(H,3,4). The smallest absolute Gasteiger partial charge is 0.274 e. The zero-order valence-electron chi connectivity index (χ0n) is 4.66. The lowest BCUT2D eigenvalue weighted by atomic mass is 11.3. The normalized spacial score (nSPS) is 18.1. The van der Waals surface area contributed by atoms with Crippen LogP contribution in [0.15, 0.2) is 5.10 Å². The Morgan fingerprint density at radius 3 is 2.56 bits per heavy atom. The van der Waals surface area contributed by atoms with Gasteiger partial charge in [0.15, 0.2) is 0 Å². The summed E-state index contributed by atoms with van der Waals surface area (Å²) < 4.78 is 20.2. The number of rotatable bonds is 1. The van der Waals surface area contributed by atoms with Gasteiger partial charge in [0.1, 0.15) is 0 Å². The van der Waals surface area contributed by atoms with Crippen LogP contribution in [0.25, 0.3) is 0 Å². The van der Waals surface area contributed by atoms with Crippen LogP contribution in [0.4, 0.5) is 0 Å². The monoisotopic (exact) mass is 148 g/mol. The number of amidine groups is 1. The molecule has 1 rings (SSSR count). The molecule has 9 heavy (non-hydrogen) atoms. The predicted molar refractivity (Wildman–Crippen MR) is 29.8 cm³/mol. The molecule has 0 radical (unpaired) electrons. The van der Waals surface area contributed by atoms with E-state index in [-0.39, 0.29) is 5.58 Å². The average Bonchev–Trinajstić information content (AvgIpc) is 2.14. The number of hydrazone groups is 1. The molecule has 0 saturated carbocycles. The number of nitrogens with zero attached hydrogens (tertiary/aromatic N) is 2. The van der Waals surface area contributed by atoms with Gasteiger partial charge in [-0.15, -0.1) is 10.2 Å². The summed E-state index contributed by atoms with van der Waals surface area (Å²) in [5, 5.41) is 4.74. The Bertz CT molecular complexity index is 201. The summed E-state index contributed by atoms with van der Waals surface area (Å²) in [5.41, 5.74) is 4.74. The fourth-order valence-electron chi connectivity index (χ4n) is 0.404. The molecule has 0 unspecified atom stereocenters. The van der Waals surface area contributed by atoms with Crippen LogP contribution in [-0.4, -0.2) is 17.7 Å².